The largest absolute Gasteiger partial charge is 0.493 e. The number of rotatable bonds is 9. The average Bonchev–Trinajstić information content (AvgIpc) is 2.81. The van der Waals surface area contributed by atoms with Crippen LogP contribution in [-0.4, -0.2) is 38.4 Å². The Bertz CT molecular complexity index is 1430. The molecule has 0 amide bonds. The lowest BCUT2D eigenvalue weighted by Gasteiger charge is -2.20. The van der Waals surface area contributed by atoms with Gasteiger partial charge >= 0.3 is 17.3 Å². The van der Waals surface area contributed by atoms with Gasteiger partial charge in [0.2, 0.25) is 5.62 Å². The lowest BCUT2D eigenvalue weighted by atomic mass is 9.94. The van der Waals surface area contributed by atoms with Crippen LogP contribution in [0.5, 0.6) is 11.5 Å². The number of nitrogens with one attached hydrogen (secondary N) is 1. The number of carboxylic acid groups (broad SMARTS) is 1. The molecule has 10 heteroatoms. The first-order chi connectivity index (χ1) is 16.9. The number of carbonyl (C=O) groups is 1. The Labute approximate surface area is 208 Å². The molecule has 0 saturated carbocycles. The molecule has 0 saturated heterocycles. The maximum absolute atomic E-state index is 13.5. The third-order valence-corrected chi connectivity index (χ3v) is 5.52. The third-order valence-electron chi connectivity index (χ3n) is 5.52. The van der Waals surface area contributed by atoms with Gasteiger partial charge in [0.05, 0.1) is 30.9 Å². The van der Waals surface area contributed by atoms with Crippen molar-refractivity contribution in [1.82, 2.24) is 14.1 Å². The van der Waals surface area contributed by atoms with E-state index < -0.39 is 22.8 Å². The van der Waals surface area contributed by atoms with E-state index in [4.69, 9.17) is 9.47 Å². The van der Waals surface area contributed by atoms with Crippen LogP contribution < -0.4 is 26.5 Å². The fraction of sp³-hybridized carbons (Fsp3) is 0.385. The van der Waals surface area contributed by atoms with Crippen LogP contribution >= 0.6 is 0 Å². The standard InChI is InChI=1S/C26H32N4O6/c1-16(2)36-20-12-11-19(13-21(20)35-6)27-23-28-24(33)30(15-26(4,5)22(31)32)25(34)29(23)14-18-9-7-17(3)8-10-18/h7-13,16H,14-15H2,1-6H3,(H,31,32)(H,27,28,33). The molecule has 192 valence electrons. The molecular formula is C26H32N4O6. The number of aromatic nitrogens is 3. The van der Waals surface area contributed by atoms with Crippen LogP contribution in [0, 0.1) is 12.3 Å². The average molecular weight is 497 g/mol. The van der Waals surface area contributed by atoms with Crippen LogP contribution in [0.25, 0.3) is 0 Å². The van der Waals surface area contributed by atoms with Crippen LogP contribution in [-0.2, 0) is 17.9 Å². The van der Waals surface area contributed by atoms with Gasteiger partial charge < -0.3 is 14.6 Å². The molecule has 0 aliphatic heterocycles. The monoisotopic (exact) mass is 496 g/mol. The number of nitrogens with zero attached hydrogens (tertiary/aromatic N) is 3. The van der Waals surface area contributed by atoms with Gasteiger partial charge in [-0.1, -0.05) is 29.8 Å². The summed E-state index contributed by atoms with van der Waals surface area (Å²) in [6.07, 6.45) is -0.0580. The summed E-state index contributed by atoms with van der Waals surface area (Å²) >= 11 is 0. The van der Waals surface area contributed by atoms with Crippen molar-refractivity contribution in [1.29, 1.82) is 0 Å². The lowest BCUT2D eigenvalue weighted by molar-refractivity contribution is -0.147. The first kappa shape index (κ1) is 26.5. The predicted octanol–water partition coefficient (Wildman–Crippen LogP) is 2.83. The number of hydrogen-bond acceptors (Lipinski definition) is 6. The number of methoxy groups -OCH3 is 1. The Hall–Kier alpha value is -4.08. The number of hydrogen-bond donors (Lipinski definition) is 2. The summed E-state index contributed by atoms with van der Waals surface area (Å²) in [4.78, 5) is 45.2. The Morgan fingerprint density at radius 2 is 1.75 bits per heavy atom. The van der Waals surface area contributed by atoms with Crippen molar-refractivity contribution in [2.24, 2.45) is 10.4 Å². The maximum atomic E-state index is 13.5. The Morgan fingerprint density at radius 1 is 1.08 bits per heavy atom. The summed E-state index contributed by atoms with van der Waals surface area (Å²) < 4.78 is 13.4. The molecule has 2 aromatic carbocycles. The number of ether oxygens (including phenoxy) is 2. The van der Waals surface area contributed by atoms with E-state index in [1.165, 1.54) is 25.5 Å². The summed E-state index contributed by atoms with van der Waals surface area (Å²) in [5.41, 5.74) is -0.426. The minimum Gasteiger partial charge on any atom is -0.493 e. The van der Waals surface area contributed by atoms with Crippen molar-refractivity contribution in [3.05, 3.63) is 80.2 Å². The van der Waals surface area contributed by atoms with Crippen molar-refractivity contribution in [3.63, 3.8) is 0 Å². The van der Waals surface area contributed by atoms with E-state index in [2.05, 4.69) is 9.98 Å². The number of aromatic amines is 1. The second kappa shape index (κ2) is 10.7. The molecule has 36 heavy (non-hydrogen) atoms. The smallest absolute Gasteiger partial charge is 0.335 e. The quantitative estimate of drug-likeness (QED) is 0.469. The molecule has 0 aliphatic rings. The molecule has 10 nitrogen and oxygen atoms in total. The van der Waals surface area contributed by atoms with E-state index in [-0.39, 0.29) is 24.8 Å². The van der Waals surface area contributed by atoms with E-state index in [1.807, 2.05) is 45.0 Å². The highest BCUT2D eigenvalue weighted by atomic mass is 16.5. The molecule has 0 spiro atoms. The van der Waals surface area contributed by atoms with E-state index in [0.29, 0.717) is 17.2 Å². The van der Waals surface area contributed by atoms with Crippen molar-refractivity contribution in [2.45, 2.75) is 53.8 Å². The molecule has 0 aliphatic carbocycles. The number of benzene rings is 2. The summed E-state index contributed by atoms with van der Waals surface area (Å²) in [6, 6.07) is 12.6. The van der Waals surface area contributed by atoms with Crippen molar-refractivity contribution >= 4 is 11.7 Å². The van der Waals surface area contributed by atoms with Gasteiger partial charge in [-0.05, 0) is 52.3 Å². The van der Waals surface area contributed by atoms with Crippen LogP contribution in [0.3, 0.4) is 0 Å². The zero-order valence-electron chi connectivity index (χ0n) is 21.4. The number of H-pyrrole nitrogens is 1. The van der Waals surface area contributed by atoms with Gasteiger partial charge in [-0.25, -0.2) is 19.1 Å². The topological polar surface area (TPSA) is 128 Å². The molecule has 2 N–H and O–H groups in total. The first-order valence-corrected chi connectivity index (χ1v) is 11.5. The van der Waals surface area contributed by atoms with Gasteiger partial charge in [-0.15, -0.1) is 0 Å². The van der Waals surface area contributed by atoms with Crippen molar-refractivity contribution < 1.29 is 19.4 Å². The SMILES string of the molecule is COc1cc(/N=c2\[nH]c(=O)n(CC(C)(C)C(=O)O)c(=O)n2Cc2ccc(C)cc2)ccc1OC(C)C. The van der Waals surface area contributed by atoms with Crippen molar-refractivity contribution in [2.75, 3.05) is 7.11 Å². The van der Waals surface area contributed by atoms with E-state index in [9.17, 15) is 19.5 Å². The summed E-state index contributed by atoms with van der Waals surface area (Å²) in [7, 11) is 1.51. The van der Waals surface area contributed by atoms with Gasteiger partial charge in [-0.3, -0.25) is 14.3 Å². The Kier molecular flexibility index (Phi) is 7.87. The van der Waals surface area contributed by atoms with Crippen LogP contribution in [0.4, 0.5) is 5.69 Å². The highest BCUT2D eigenvalue weighted by Crippen LogP contribution is 2.31. The lowest BCUT2D eigenvalue weighted by Crippen LogP contribution is -2.52. The number of aryl methyl sites for hydroxylation is 1. The Morgan fingerprint density at radius 3 is 2.33 bits per heavy atom. The van der Waals surface area contributed by atoms with Gasteiger partial charge in [-0.2, -0.15) is 0 Å². The molecule has 0 bridgehead atoms. The molecule has 1 heterocycles. The van der Waals surface area contributed by atoms with Gasteiger partial charge in [0.25, 0.3) is 0 Å². The number of carboxylic acids is 1. The molecular weight excluding hydrogens is 464 g/mol. The van der Waals surface area contributed by atoms with E-state index >= 15 is 0 Å². The summed E-state index contributed by atoms with van der Waals surface area (Å²) in [6.45, 7) is 8.48. The van der Waals surface area contributed by atoms with Crippen molar-refractivity contribution in [3.8, 4) is 11.5 Å². The second-order valence-corrected chi connectivity index (χ2v) is 9.50. The predicted molar refractivity (Wildman–Crippen MR) is 135 cm³/mol. The van der Waals surface area contributed by atoms with Crippen LogP contribution in [0.1, 0.15) is 38.8 Å². The minimum absolute atomic E-state index is 0.0227. The van der Waals surface area contributed by atoms with Crippen LogP contribution in [0.15, 0.2) is 57.0 Å². The summed E-state index contributed by atoms with van der Waals surface area (Å²) in [5, 5.41) is 9.52. The normalized spacial score (nSPS) is 12.1. The van der Waals surface area contributed by atoms with Crippen LogP contribution in [0.2, 0.25) is 0 Å². The minimum atomic E-state index is -1.34. The first-order valence-electron chi connectivity index (χ1n) is 11.5. The molecule has 1 aromatic heterocycles. The number of aliphatic carboxylic acids is 1. The summed E-state index contributed by atoms with van der Waals surface area (Å²) in [5.74, 6) is -0.129. The third kappa shape index (κ3) is 6.12. The van der Waals surface area contributed by atoms with Gasteiger partial charge in [0, 0.05) is 12.6 Å². The zero-order chi connectivity index (χ0) is 26.6. The van der Waals surface area contributed by atoms with E-state index in [0.717, 1.165) is 15.7 Å². The molecule has 0 fully saturated rings. The van der Waals surface area contributed by atoms with Gasteiger partial charge in [0.15, 0.2) is 11.5 Å². The fourth-order valence-corrected chi connectivity index (χ4v) is 3.46. The molecule has 0 unspecified atom stereocenters. The highest BCUT2D eigenvalue weighted by molar-refractivity contribution is 5.73. The zero-order valence-corrected chi connectivity index (χ0v) is 21.4. The molecule has 0 radical (unpaired) electrons. The Balaban J connectivity index is 2.21. The maximum Gasteiger partial charge on any atom is 0.335 e. The molecule has 3 rings (SSSR count). The fourth-order valence-electron chi connectivity index (χ4n) is 3.46. The van der Waals surface area contributed by atoms with E-state index in [1.54, 1.807) is 18.2 Å². The highest BCUT2D eigenvalue weighted by Gasteiger charge is 2.29. The van der Waals surface area contributed by atoms with Gasteiger partial charge in [0.1, 0.15) is 0 Å². The molecule has 0 atom stereocenters. The second-order valence-electron chi connectivity index (χ2n) is 9.50. The molecule has 3 aromatic rings.